The van der Waals surface area contributed by atoms with Gasteiger partial charge in [0.25, 0.3) is 0 Å². The molecule has 1 saturated carbocycles. The van der Waals surface area contributed by atoms with Gasteiger partial charge in [-0.15, -0.1) is 0 Å². The number of rotatable bonds is 3. The van der Waals surface area contributed by atoms with Gasteiger partial charge < -0.3 is 5.32 Å². The zero-order valence-electron chi connectivity index (χ0n) is 8.06. The van der Waals surface area contributed by atoms with Gasteiger partial charge >= 0.3 is 0 Å². The van der Waals surface area contributed by atoms with Gasteiger partial charge in [0.2, 0.25) is 0 Å². The van der Waals surface area contributed by atoms with Crippen LogP contribution in [0.4, 0.5) is 0 Å². The van der Waals surface area contributed by atoms with Gasteiger partial charge in [-0.25, -0.2) is 0 Å². The Balaban J connectivity index is 2.31. The summed E-state index contributed by atoms with van der Waals surface area (Å²) in [4.78, 5) is 0. The summed E-state index contributed by atoms with van der Waals surface area (Å²) < 4.78 is 0. The van der Waals surface area contributed by atoms with Crippen molar-refractivity contribution >= 4 is 0 Å². The largest absolute Gasteiger partial charge is 0.312 e. The van der Waals surface area contributed by atoms with Crippen molar-refractivity contribution in [1.82, 2.24) is 5.32 Å². The third-order valence-corrected chi connectivity index (χ3v) is 2.73. The first-order valence-corrected chi connectivity index (χ1v) is 5.00. The van der Waals surface area contributed by atoms with Crippen LogP contribution < -0.4 is 5.32 Å². The standard InChI is InChI=1S/C10H21N/c1-4-9-6-5-7-10(9)11-8(2)3/h8-11H,4-7H2,1-3H3. The highest BCUT2D eigenvalue weighted by Gasteiger charge is 2.25. The van der Waals surface area contributed by atoms with Crippen LogP contribution in [0.1, 0.15) is 46.5 Å². The van der Waals surface area contributed by atoms with Crippen molar-refractivity contribution in [2.45, 2.75) is 58.5 Å². The Kier molecular flexibility index (Phi) is 3.38. The molecule has 11 heavy (non-hydrogen) atoms. The second-order valence-electron chi connectivity index (χ2n) is 4.03. The van der Waals surface area contributed by atoms with E-state index in [1.165, 1.54) is 25.7 Å². The third-order valence-electron chi connectivity index (χ3n) is 2.73. The van der Waals surface area contributed by atoms with Crippen LogP contribution in [0.2, 0.25) is 0 Å². The van der Waals surface area contributed by atoms with Crippen molar-refractivity contribution in [1.29, 1.82) is 0 Å². The minimum atomic E-state index is 0.659. The predicted molar refractivity (Wildman–Crippen MR) is 49.7 cm³/mol. The SMILES string of the molecule is CCC1CCCC1NC(C)C. The molecule has 1 aliphatic rings. The molecular formula is C10H21N. The maximum absolute atomic E-state index is 3.64. The summed E-state index contributed by atoms with van der Waals surface area (Å²) in [6, 6.07) is 1.48. The molecule has 0 aromatic rings. The molecule has 1 rings (SSSR count). The van der Waals surface area contributed by atoms with Crippen LogP contribution in [0.25, 0.3) is 0 Å². The van der Waals surface area contributed by atoms with E-state index in [0.29, 0.717) is 6.04 Å². The highest BCUT2D eigenvalue weighted by molar-refractivity contribution is 4.83. The summed E-state index contributed by atoms with van der Waals surface area (Å²) in [7, 11) is 0. The Morgan fingerprint density at radius 1 is 1.36 bits per heavy atom. The van der Waals surface area contributed by atoms with Gasteiger partial charge in [0.1, 0.15) is 0 Å². The normalized spacial score (nSPS) is 31.6. The molecule has 2 atom stereocenters. The Hall–Kier alpha value is -0.0400. The summed E-state index contributed by atoms with van der Waals surface area (Å²) in [5, 5.41) is 3.64. The van der Waals surface area contributed by atoms with Gasteiger partial charge in [-0.3, -0.25) is 0 Å². The molecule has 0 spiro atoms. The first-order valence-electron chi connectivity index (χ1n) is 5.00. The monoisotopic (exact) mass is 155 g/mol. The average molecular weight is 155 g/mol. The van der Waals surface area contributed by atoms with Crippen LogP contribution in [0.5, 0.6) is 0 Å². The molecule has 0 saturated heterocycles. The molecule has 1 heteroatoms. The second-order valence-corrected chi connectivity index (χ2v) is 4.03. The molecular weight excluding hydrogens is 134 g/mol. The molecule has 1 aliphatic carbocycles. The number of hydrogen-bond acceptors (Lipinski definition) is 1. The molecule has 0 radical (unpaired) electrons. The lowest BCUT2D eigenvalue weighted by Crippen LogP contribution is -2.37. The first kappa shape index (κ1) is 9.05. The topological polar surface area (TPSA) is 12.0 Å². The van der Waals surface area contributed by atoms with E-state index >= 15 is 0 Å². The summed E-state index contributed by atoms with van der Waals surface area (Å²) in [5.41, 5.74) is 0. The van der Waals surface area contributed by atoms with Gasteiger partial charge in [-0.05, 0) is 18.8 Å². The maximum Gasteiger partial charge on any atom is 0.00975 e. The molecule has 0 amide bonds. The van der Waals surface area contributed by atoms with Crippen LogP contribution in [0.15, 0.2) is 0 Å². The van der Waals surface area contributed by atoms with Crippen molar-refractivity contribution in [3.63, 3.8) is 0 Å². The molecule has 1 nitrogen and oxygen atoms in total. The van der Waals surface area contributed by atoms with Crippen LogP contribution in [-0.2, 0) is 0 Å². The maximum atomic E-state index is 3.64. The minimum absolute atomic E-state index is 0.659. The molecule has 1 fully saturated rings. The molecule has 2 unspecified atom stereocenters. The molecule has 1 N–H and O–H groups in total. The van der Waals surface area contributed by atoms with E-state index in [0.717, 1.165) is 12.0 Å². The van der Waals surface area contributed by atoms with E-state index in [2.05, 4.69) is 26.1 Å². The zero-order chi connectivity index (χ0) is 8.27. The van der Waals surface area contributed by atoms with Crippen molar-refractivity contribution in [2.24, 2.45) is 5.92 Å². The van der Waals surface area contributed by atoms with Crippen molar-refractivity contribution in [3.8, 4) is 0 Å². The highest BCUT2D eigenvalue weighted by Crippen LogP contribution is 2.28. The van der Waals surface area contributed by atoms with Crippen LogP contribution in [0, 0.1) is 5.92 Å². The highest BCUT2D eigenvalue weighted by atomic mass is 14.9. The fourth-order valence-electron chi connectivity index (χ4n) is 2.17. The lowest BCUT2D eigenvalue weighted by molar-refractivity contribution is 0.366. The van der Waals surface area contributed by atoms with Gasteiger partial charge in [-0.2, -0.15) is 0 Å². The van der Waals surface area contributed by atoms with Gasteiger partial charge in [0, 0.05) is 12.1 Å². The van der Waals surface area contributed by atoms with Gasteiger partial charge in [-0.1, -0.05) is 33.6 Å². The third kappa shape index (κ3) is 2.48. The second kappa shape index (κ2) is 4.10. The Bertz CT molecular complexity index is 109. The molecule has 0 bridgehead atoms. The Morgan fingerprint density at radius 3 is 2.64 bits per heavy atom. The first-order chi connectivity index (χ1) is 5.24. The molecule has 0 heterocycles. The lowest BCUT2D eigenvalue weighted by Gasteiger charge is -2.21. The Morgan fingerprint density at radius 2 is 2.09 bits per heavy atom. The summed E-state index contributed by atoms with van der Waals surface area (Å²) in [6.07, 6.45) is 5.63. The van der Waals surface area contributed by atoms with Crippen molar-refractivity contribution in [2.75, 3.05) is 0 Å². The van der Waals surface area contributed by atoms with Gasteiger partial charge in [0.15, 0.2) is 0 Å². The van der Waals surface area contributed by atoms with E-state index in [1.807, 2.05) is 0 Å². The minimum Gasteiger partial charge on any atom is -0.312 e. The average Bonchev–Trinajstić information content (AvgIpc) is 2.34. The predicted octanol–water partition coefficient (Wildman–Crippen LogP) is 2.56. The van der Waals surface area contributed by atoms with Crippen molar-refractivity contribution < 1.29 is 0 Å². The van der Waals surface area contributed by atoms with Crippen LogP contribution in [-0.4, -0.2) is 12.1 Å². The van der Waals surface area contributed by atoms with Crippen molar-refractivity contribution in [3.05, 3.63) is 0 Å². The zero-order valence-corrected chi connectivity index (χ0v) is 8.06. The fraction of sp³-hybridized carbons (Fsp3) is 1.00. The number of hydrogen-bond donors (Lipinski definition) is 1. The van der Waals surface area contributed by atoms with E-state index in [1.54, 1.807) is 0 Å². The molecule has 0 aliphatic heterocycles. The molecule has 66 valence electrons. The van der Waals surface area contributed by atoms with Crippen LogP contribution in [0.3, 0.4) is 0 Å². The molecule has 0 aromatic heterocycles. The summed E-state index contributed by atoms with van der Waals surface area (Å²) in [6.45, 7) is 6.79. The lowest BCUT2D eigenvalue weighted by atomic mass is 10.0. The van der Waals surface area contributed by atoms with E-state index in [9.17, 15) is 0 Å². The van der Waals surface area contributed by atoms with Gasteiger partial charge in [0.05, 0.1) is 0 Å². The summed E-state index contributed by atoms with van der Waals surface area (Å²) >= 11 is 0. The van der Waals surface area contributed by atoms with Crippen LogP contribution >= 0.6 is 0 Å². The molecule has 0 aromatic carbocycles. The van der Waals surface area contributed by atoms with E-state index < -0.39 is 0 Å². The smallest absolute Gasteiger partial charge is 0.00975 e. The van der Waals surface area contributed by atoms with E-state index in [4.69, 9.17) is 0 Å². The number of nitrogens with one attached hydrogen (secondary N) is 1. The fourth-order valence-corrected chi connectivity index (χ4v) is 2.17. The Labute approximate surface area is 70.6 Å². The van der Waals surface area contributed by atoms with E-state index in [-0.39, 0.29) is 0 Å². The summed E-state index contributed by atoms with van der Waals surface area (Å²) in [5.74, 6) is 0.956. The quantitative estimate of drug-likeness (QED) is 0.660.